The minimum absolute atomic E-state index is 0.145. The molecule has 0 aromatic heterocycles. The van der Waals surface area contributed by atoms with Crippen LogP contribution in [0.4, 0.5) is 0 Å². The van der Waals surface area contributed by atoms with Crippen LogP contribution >= 0.6 is 0 Å². The van der Waals surface area contributed by atoms with E-state index in [-0.39, 0.29) is 11.0 Å². The van der Waals surface area contributed by atoms with Gasteiger partial charge in [-0.2, -0.15) is 0 Å². The van der Waals surface area contributed by atoms with Gasteiger partial charge in [0.15, 0.2) is 0 Å². The molecule has 0 spiro atoms. The van der Waals surface area contributed by atoms with Crippen molar-refractivity contribution in [1.82, 2.24) is 0 Å². The Morgan fingerprint density at radius 3 is 2.00 bits per heavy atom. The second-order valence-corrected chi connectivity index (χ2v) is 7.57. The first-order chi connectivity index (χ1) is 9.25. The summed E-state index contributed by atoms with van der Waals surface area (Å²) in [5, 5.41) is 0. The minimum atomic E-state index is -0.145. The summed E-state index contributed by atoms with van der Waals surface area (Å²) in [5.74, 6) is 3.13. The van der Waals surface area contributed by atoms with E-state index in [0.717, 1.165) is 0 Å². The molecule has 0 aromatic rings. The number of ether oxygens (including phenoxy) is 1. The van der Waals surface area contributed by atoms with Crippen molar-refractivity contribution in [2.75, 3.05) is 6.61 Å². The van der Waals surface area contributed by atoms with Gasteiger partial charge < -0.3 is 4.74 Å². The van der Waals surface area contributed by atoms with Crippen molar-refractivity contribution in [2.24, 2.45) is 11.3 Å². The standard InChI is InChI=1S/C19H36O/c1-8-10-11-12-13-14-15-17(18(3,4)5)19(6,7)20-16-9-2/h2,17H,8,10-16H2,1,3-7H3. The summed E-state index contributed by atoms with van der Waals surface area (Å²) in [7, 11) is 0. The van der Waals surface area contributed by atoms with Crippen LogP contribution < -0.4 is 0 Å². The Balaban J connectivity index is 4.34. The maximum atomic E-state index is 5.93. The molecule has 0 aliphatic rings. The average molecular weight is 280 g/mol. The lowest BCUT2D eigenvalue weighted by atomic mass is 9.69. The molecule has 0 aliphatic carbocycles. The molecule has 1 unspecified atom stereocenters. The molecular formula is C19H36O. The first kappa shape index (κ1) is 19.5. The third-order valence-corrected chi connectivity index (χ3v) is 4.26. The van der Waals surface area contributed by atoms with Gasteiger partial charge in [0.1, 0.15) is 6.61 Å². The van der Waals surface area contributed by atoms with E-state index < -0.39 is 0 Å². The van der Waals surface area contributed by atoms with Gasteiger partial charge in [0.2, 0.25) is 0 Å². The van der Waals surface area contributed by atoms with Crippen molar-refractivity contribution in [3.05, 3.63) is 0 Å². The highest BCUT2D eigenvalue weighted by Gasteiger charge is 2.38. The lowest BCUT2D eigenvalue weighted by molar-refractivity contribution is -0.0832. The lowest BCUT2D eigenvalue weighted by Crippen LogP contribution is -2.42. The van der Waals surface area contributed by atoms with E-state index >= 15 is 0 Å². The molecule has 0 amide bonds. The van der Waals surface area contributed by atoms with Crippen molar-refractivity contribution in [2.45, 2.75) is 92.1 Å². The van der Waals surface area contributed by atoms with E-state index in [9.17, 15) is 0 Å². The molecule has 1 heteroatoms. The zero-order valence-electron chi connectivity index (χ0n) is 14.7. The van der Waals surface area contributed by atoms with Crippen molar-refractivity contribution in [3.63, 3.8) is 0 Å². The molecule has 0 N–H and O–H groups in total. The Bertz CT molecular complexity index is 277. The van der Waals surface area contributed by atoms with Crippen LogP contribution in [-0.2, 0) is 4.74 Å². The predicted molar refractivity (Wildman–Crippen MR) is 89.8 cm³/mol. The Morgan fingerprint density at radius 2 is 1.50 bits per heavy atom. The van der Waals surface area contributed by atoms with Gasteiger partial charge >= 0.3 is 0 Å². The quantitative estimate of drug-likeness (QED) is 0.361. The van der Waals surface area contributed by atoms with E-state index in [2.05, 4.69) is 47.5 Å². The molecule has 0 bridgehead atoms. The van der Waals surface area contributed by atoms with Crippen molar-refractivity contribution < 1.29 is 4.74 Å². The van der Waals surface area contributed by atoms with E-state index in [1.54, 1.807) is 0 Å². The minimum Gasteiger partial charge on any atom is -0.363 e. The molecule has 0 fully saturated rings. The van der Waals surface area contributed by atoms with Crippen LogP contribution in [0.15, 0.2) is 0 Å². The second kappa shape index (κ2) is 9.46. The number of hydrogen-bond acceptors (Lipinski definition) is 1. The third-order valence-electron chi connectivity index (χ3n) is 4.26. The fourth-order valence-electron chi connectivity index (χ4n) is 3.28. The molecular weight excluding hydrogens is 244 g/mol. The second-order valence-electron chi connectivity index (χ2n) is 7.57. The molecule has 0 radical (unpaired) electrons. The SMILES string of the molecule is C#CCOC(C)(C)C(CCCCCCCC)C(C)(C)C. The Hall–Kier alpha value is -0.480. The maximum absolute atomic E-state index is 5.93. The topological polar surface area (TPSA) is 9.23 Å². The summed E-state index contributed by atoms with van der Waals surface area (Å²) >= 11 is 0. The highest BCUT2D eigenvalue weighted by molar-refractivity contribution is 4.91. The summed E-state index contributed by atoms with van der Waals surface area (Å²) in [5.41, 5.74) is 0.107. The lowest BCUT2D eigenvalue weighted by Gasteiger charge is -2.42. The van der Waals surface area contributed by atoms with Crippen LogP contribution in [0.3, 0.4) is 0 Å². The average Bonchev–Trinajstić information content (AvgIpc) is 2.33. The van der Waals surface area contributed by atoms with Gasteiger partial charge in [-0.1, -0.05) is 72.1 Å². The van der Waals surface area contributed by atoms with E-state index in [1.165, 1.54) is 44.9 Å². The molecule has 0 aromatic carbocycles. The number of rotatable bonds is 10. The van der Waals surface area contributed by atoms with Gasteiger partial charge in [0.25, 0.3) is 0 Å². The molecule has 20 heavy (non-hydrogen) atoms. The molecule has 118 valence electrons. The highest BCUT2D eigenvalue weighted by Crippen LogP contribution is 2.40. The van der Waals surface area contributed by atoms with Crippen molar-refractivity contribution in [3.8, 4) is 12.3 Å². The van der Waals surface area contributed by atoms with Gasteiger partial charge in [0.05, 0.1) is 5.60 Å². The van der Waals surface area contributed by atoms with Crippen LogP contribution in [0.2, 0.25) is 0 Å². The summed E-state index contributed by atoms with van der Waals surface area (Å²) in [4.78, 5) is 0. The normalized spacial score (nSPS) is 14.1. The smallest absolute Gasteiger partial charge is 0.108 e. The summed E-state index contributed by atoms with van der Waals surface area (Å²) in [6.45, 7) is 14.0. The number of terminal acetylenes is 1. The first-order valence-electron chi connectivity index (χ1n) is 8.33. The van der Waals surface area contributed by atoms with Crippen LogP contribution in [0.25, 0.3) is 0 Å². The molecule has 0 aliphatic heterocycles. The Kier molecular flexibility index (Phi) is 9.23. The maximum Gasteiger partial charge on any atom is 0.108 e. The summed E-state index contributed by atoms with van der Waals surface area (Å²) < 4.78 is 5.93. The van der Waals surface area contributed by atoms with Crippen LogP contribution in [0.5, 0.6) is 0 Å². The van der Waals surface area contributed by atoms with Crippen LogP contribution in [0, 0.1) is 23.7 Å². The van der Waals surface area contributed by atoms with E-state index in [1.807, 2.05) is 0 Å². The molecule has 0 saturated carbocycles. The van der Waals surface area contributed by atoms with Gasteiger partial charge in [-0.15, -0.1) is 6.42 Å². The fraction of sp³-hybridized carbons (Fsp3) is 0.895. The highest BCUT2D eigenvalue weighted by atomic mass is 16.5. The van der Waals surface area contributed by atoms with Crippen molar-refractivity contribution in [1.29, 1.82) is 0 Å². The van der Waals surface area contributed by atoms with Crippen LogP contribution in [0.1, 0.15) is 86.5 Å². The summed E-state index contributed by atoms with van der Waals surface area (Å²) in [6.07, 6.45) is 14.7. The largest absolute Gasteiger partial charge is 0.363 e. The Labute approximate surface area is 127 Å². The molecule has 1 atom stereocenters. The molecule has 0 rings (SSSR count). The molecule has 0 saturated heterocycles. The zero-order valence-corrected chi connectivity index (χ0v) is 14.7. The summed E-state index contributed by atoms with van der Waals surface area (Å²) in [6, 6.07) is 0. The first-order valence-corrected chi connectivity index (χ1v) is 8.33. The monoisotopic (exact) mass is 280 g/mol. The van der Waals surface area contributed by atoms with E-state index in [4.69, 9.17) is 11.2 Å². The predicted octanol–water partition coefficient (Wildman–Crippen LogP) is 5.83. The fourth-order valence-corrected chi connectivity index (χ4v) is 3.28. The molecule has 0 heterocycles. The van der Waals surface area contributed by atoms with Gasteiger partial charge in [0, 0.05) is 0 Å². The molecule has 1 nitrogen and oxygen atoms in total. The third kappa shape index (κ3) is 7.95. The zero-order chi connectivity index (χ0) is 15.6. The Morgan fingerprint density at radius 1 is 0.950 bits per heavy atom. The van der Waals surface area contributed by atoms with Gasteiger partial charge in [-0.3, -0.25) is 0 Å². The number of hydrogen-bond donors (Lipinski definition) is 0. The van der Waals surface area contributed by atoms with Gasteiger partial charge in [-0.25, -0.2) is 0 Å². The van der Waals surface area contributed by atoms with Gasteiger partial charge in [-0.05, 0) is 31.6 Å². The number of unbranched alkanes of at least 4 members (excludes halogenated alkanes) is 5. The van der Waals surface area contributed by atoms with E-state index in [0.29, 0.717) is 12.5 Å². The van der Waals surface area contributed by atoms with Crippen molar-refractivity contribution >= 4 is 0 Å². The van der Waals surface area contributed by atoms with Crippen LogP contribution in [-0.4, -0.2) is 12.2 Å².